The Labute approximate surface area is 206 Å². The fraction of sp³-hybridized carbons (Fsp3) is 0.750. The second kappa shape index (κ2) is 16.0. The third kappa shape index (κ3) is 11.1. The third-order valence-corrected chi connectivity index (χ3v) is 6.93. The van der Waals surface area contributed by atoms with Crippen LogP contribution in [0.25, 0.3) is 0 Å². The predicted molar refractivity (Wildman–Crippen MR) is 136 cm³/mol. The highest BCUT2D eigenvalue weighted by Crippen LogP contribution is 2.30. The Bertz CT molecular complexity index is 704. The summed E-state index contributed by atoms with van der Waals surface area (Å²) in [5.41, 5.74) is 1.02. The average molecular weight is 478 g/mol. The van der Waals surface area contributed by atoms with E-state index in [4.69, 9.17) is 9.47 Å². The van der Waals surface area contributed by atoms with Crippen molar-refractivity contribution in [2.75, 3.05) is 13.1 Å². The molecule has 1 fully saturated rings. The molecule has 1 heterocycles. The monoisotopic (exact) mass is 477 g/mol. The predicted octanol–water partition coefficient (Wildman–Crippen LogP) is 5.53. The molecule has 3 N–H and O–H groups in total. The van der Waals surface area contributed by atoms with Gasteiger partial charge in [-0.15, -0.1) is 0 Å². The fourth-order valence-electron chi connectivity index (χ4n) is 4.77. The molecule has 6 nitrogen and oxygen atoms in total. The van der Waals surface area contributed by atoms with Crippen molar-refractivity contribution in [1.82, 2.24) is 5.32 Å². The van der Waals surface area contributed by atoms with Crippen molar-refractivity contribution >= 4 is 5.97 Å². The van der Waals surface area contributed by atoms with Crippen LogP contribution in [0.3, 0.4) is 0 Å². The van der Waals surface area contributed by atoms with E-state index < -0.39 is 6.10 Å². The summed E-state index contributed by atoms with van der Waals surface area (Å²) in [6, 6.07) is 5.44. The number of nitrogens with one attached hydrogen (secondary N) is 1. The maximum absolute atomic E-state index is 11.7. The molecule has 0 spiro atoms. The number of hydrogen-bond acceptors (Lipinski definition) is 6. The van der Waals surface area contributed by atoms with E-state index in [1.54, 1.807) is 6.07 Å². The number of phenols is 1. The van der Waals surface area contributed by atoms with Gasteiger partial charge in [-0.25, -0.2) is 0 Å². The van der Waals surface area contributed by atoms with Gasteiger partial charge in [0.2, 0.25) is 0 Å². The number of phenolic OH excluding ortho intramolecular Hbond substituents is 1. The van der Waals surface area contributed by atoms with Crippen LogP contribution in [-0.2, 0) is 16.0 Å². The topological polar surface area (TPSA) is 88.0 Å². The van der Waals surface area contributed by atoms with Gasteiger partial charge in [0, 0.05) is 13.3 Å². The highest BCUT2D eigenvalue weighted by Gasteiger charge is 2.20. The molecule has 3 atom stereocenters. The number of ether oxygens (including phenoxy) is 2. The first-order valence-corrected chi connectivity index (χ1v) is 13.5. The molecule has 1 aromatic carbocycles. The molecule has 0 bridgehead atoms. The number of rotatable bonds is 16. The smallest absolute Gasteiger partial charge is 0.302 e. The average Bonchev–Trinajstić information content (AvgIpc) is 2.82. The fourth-order valence-corrected chi connectivity index (χ4v) is 4.77. The van der Waals surface area contributed by atoms with E-state index in [1.165, 1.54) is 32.6 Å². The minimum absolute atomic E-state index is 0.111. The molecule has 1 saturated heterocycles. The highest BCUT2D eigenvalue weighted by molar-refractivity contribution is 5.66. The summed E-state index contributed by atoms with van der Waals surface area (Å²) in [5, 5.41) is 24.2. The number of hydrogen-bond donors (Lipinski definition) is 3. The molecule has 1 aliphatic rings. The standard InChI is InChI=1S/C28H47NO5/c1-4-6-7-8-22(5-2)9-12-24(31)20-26(33-21(3)30)13-10-23-11-14-27(32)28(19-23)34-25-15-17-29-18-16-25/h11,14,19,22,24-26,29,31-32H,4-10,12-13,15-18,20H2,1-3H3/t22-,24-,26+/m0/s1. The Morgan fingerprint density at radius 2 is 1.88 bits per heavy atom. The first-order valence-electron chi connectivity index (χ1n) is 13.5. The van der Waals surface area contributed by atoms with Crippen LogP contribution in [0, 0.1) is 5.92 Å². The zero-order valence-corrected chi connectivity index (χ0v) is 21.6. The SMILES string of the molecule is CCCCC[C@H](CC)CC[C@H](O)C[C@@H](CCc1ccc(O)c(OC2CCNCC2)c1)OC(C)=O. The molecule has 1 aliphatic heterocycles. The highest BCUT2D eigenvalue weighted by atomic mass is 16.5. The van der Waals surface area contributed by atoms with Crippen molar-refractivity contribution in [1.29, 1.82) is 0 Å². The van der Waals surface area contributed by atoms with E-state index in [1.807, 2.05) is 12.1 Å². The lowest BCUT2D eigenvalue weighted by Gasteiger charge is -2.24. The molecule has 1 aromatic rings. The van der Waals surface area contributed by atoms with Crippen molar-refractivity contribution < 1.29 is 24.5 Å². The summed E-state index contributed by atoms with van der Waals surface area (Å²) >= 11 is 0. The van der Waals surface area contributed by atoms with Gasteiger partial charge in [-0.2, -0.15) is 0 Å². The molecule has 0 unspecified atom stereocenters. The molecule has 0 aliphatic carbocycles. The maximum atomic E-state index is 11.7. The number of carbonyl (C=O) groups excluding carboxylic acids is 1. The van der Waals surface area contributed by atoms with Gasteiger partial charge in [-0.1, -0.05) is 52.0 Å². The molecule has 34 heavy (non-hydrogen) atoms. The number of aromatic hydroxyl groups is 1. The minimum atomic E-state index is -0.469. The second-order valence-electron chi connectivity index (χ2n) is 9.88. The van der Waals surface area contributed by atoms with Gasteiger partial charge in [0.05, 0.1) is 6.10 Å². The van der Waals surface area contributed by atoms with Gasteiger partial charge < -0.3 is 25.0 Å². The Balaban J connectivity index is 1.86. The molecule has 0 aromatic heterocycles. The summed E-state index contributed by atoms with van der Waals surface area (Å²) in [7, 11) is 0. The third-order valence-electron chi connectivity index (χ3n) is 6.93. The molecular formula is C28H47NO5. The number of carbonyl (C=O) groups is 1. The number of aliphatic hydroxyl groups is 1. The van der Waals surface area contributed by atoms with Gasteiger partial charge in [-0.3, -0.25) is 4.79 Å². The van der Waals surface area contributed by atoms with Crippen LogP contribution in [0.2, 0.25) is 0 Å². The van der Waals surface area contributed by atoms with Crippen LogP contribution in [0.4, 0.5) is 0 Å². The number of benzene rings is 1. The van der Waals surface area contributed by atoms with Gasteiger partial charge in [-0.05, 0) is 75.2 Å². The zero-order chi connectivity index (χ0) is 24.8. The van der Waals surface area contributed by atoms with E-state index in [0.717, 1.165) is 50.8 Å². The van der Waals surface area contributed by atoms with Crippen LogP contribution >= 0.6 is 0 Å². The number of unbranched alkanes of at least 4 members (excludes halogenated alkanes) is 2. The first kappa shape index (κ1) is 28.4. The maximum Gasteiger partial charge on any atom is 0.302 e. The normalized spacial score (nSPS) is 17.2. The molecule has 0 saturated carbocycles. The van der Waals surface area contributed by atoms with Crippen LogP contribution in [0.5, 0.6) is 11.5 Å². The second-order valence-corrected chi connectivity index (χ2v) is 9.88. The first-order chi connectivity index (χ1) is 16.4. The lowest BCUT2D eigenvalue weighted by atomic mass is 9.91. The van der Waals surface area contributed by atoms with Crippen molar-refractivity contribution in [2.24, 2.45) is 5.92 Å². The molecule has 0 radical (unpaired) electrons. The van der Waals surface area contributed by atoms with Gasteiger partial charge in [0.25, 0.3) is 0 Å². The summed E-state index contributed by atoms with van der Waals surface area (Å²) < 4.78 is 11.6. The Hall–Kier alpha value is -1.79. The molecule has 0 amide bonds. The van der Waals surface area contributed by atoms with Crippen molar-refractivity contribution in [3.05, 3.63) is 23.8 Å². The molecule has 2 rings (SSSR count). The van der Waals surface area contributed by atoms with Gasteiger partial charge in [0.15, 0.2) is 11.5 Å². The Kier molecular flexibility index (Phi) is 13.4. The lowest BCUT2D eigenvalue weighted by molar-refractivity contribution is -0.148. The number of aliphatic hydroxyl groups excluding tert-OH is 1. The number of aryl methyl sites for hydroxylation is 1. The lowest BCUT2D eigenvalue weighted by Crippen LogP contribution is -2.34. The van der Waals surface area contributed by atoms with E-state index in [2.05, 4.69) is 19.2 Å². The van der Waals surface area contributed by atoms with Crippen molar-refractivity contribution in [3.8, 4) is 11.5 Å². The van der Waals surface area contributed by atoms with Crippen LogP contribution in [0.1, 0.15) is 97.0 Å². The summed E-state index contributed by atoms with van der Waals surface area (Å²) in [5.74, 6) is 1.01. The quantitative estimate of drug-likeness (QED) is 0.214. The minimum Gasteiger partial charge on any atom is -0.504 e. The summed E-state index contributed by atoms with van der Waals surface area (Å²) in [4.78, 5) is 11.7. The van der Waals surface area contributed by atoms with Crippen LogP contribution < -0.4 is 10.1 Å². The zero-order valence-electron chi connectivity index (χ0n) is 21.6. The number of esters is 1. The van der Waals surface area contributed by atoms with Crippen molar-refractivity contribution in [3.63, 3.8) is 0 Å². The molecular weight excluding hydrogens is 430 g/mol. The van der Waals surface area contributed by atoms with E-state index in [9.17, 15) is 15.0 Å². The Morgan fingerprint density at radius 3 is 2.56 bits per heavy atom. The van der Waals surface area contributed by atoms with Gasteiger partial charge >= 0.3 is 5.97 Å². The van der Waals surface area contributed by atoms with E-state index >= 15 is 0 Å². The van der Waals surface area contributed by atoms with E-state index in [-0.39, 0.29) is 23.9 Å². The summed E-state index contributed by atoms with van der Waals surface area (Å²) in [6.07, 6.45) is 10.8. The van der Waals surface area contributed by atoms with Crippen LogP contribution in [0.15, 0.2) is 18.2 Å². The summed E-state index contributed by atoms with van der Waals surface area (Å²) in [6.45, 7) is 7.72. The number of piperidine rings is 1. The Morgan fingerprint density at radius 1 is 1.12 bits per heavy atom. The van der Waals surface area contributed by atoms with Crippen molar-refractivity contribution in [2.45, 2.75) is 116 Å². The van der Waals surface area contributed by atoms with Crippen LogP contribution in [-0.4, -0.2) is 47.6 Å². The van der Waals surface area contributed by atoms with Gasteiger partial charge in [0.1, 0.15) is 12.2 Å². The molecule has 194 valence electrons. The molecule has 6 heteroatoms. The van der Waals surface area contributed by atoms with E-state index in [0.29, 0.717) is 30.9 Å². The largest absolute Gasteiger partial charge is 0.504 e.